The molecule has 1 heterocycles. The van der Waals surface area contributed by atoms with E-state index >= 15 is 0 Å². The van der Waals surface area contributed by atoms with E-state index in [0.717, 1.165) is 33.4 Å². The Hall–Kier alpha value is -3.63. The van der Waals surface area contributed by atoms with Gasteiger partial charge >= 0.3 is 0 Å². The van der Waals surface area contributed by atoms with Gasteiger partial charge in [-0.2, -0.15) is 0 Å². The molecule has 0 amide bonds. The van der Waals surface area contributed by atoms with Crippen molar-refractivity contribution in [1.82, 2.24) is 0 Å². The second-order valence-electron chi connectivity index (χ2n) is 8.38. The van der Waals surface area contributed by atoms with Crippen molar-refractivity contribution in [3.8, 4) is 0 Å². The molecule has 9 heteroatoms. The van der Waals surface area contributed by atoms with Gasteiger partial charge in [0.1, 0.15) is 17.2 Å². The van der Waals surface area contributed by atoms with Crippen molar-refractivity contribution in [1.29, 1.82) is 0 Å². The molecule has 8 nitrogen and oxygen atoms in total. The molecule has 0 radical (unpaired) electrons. The van der Waals surface area contributed by atoms with E-state index in [2.05, 4.69) is 27.8 Å². The molecule has 3 aromatic carbocycles. The SMILES string of the molecule is C[n+]1ccc(C=Nc2ccc(N(CCO)CCO)cc2)c2ccccc21.Cc1ccc(S(=O)(=O)[O-])cc1. The maximum Gasteiger partial charge on any atom is 0.212 e. The maximum atomic E-state index is 10.4. The highest BCUT2D eigenvalue weighted by atomic mass is 32.2. The monoisotopic (exact) mass is 521 g/mol. The number of aliphatic hydroxyl groups is 2. The van der Waals surface area contributed by atoms with E-state index in [1.54, 1.807) is 12.1 Å². The summed E-state index contributed by atoms with van der Waals surface area (Å²) in [6.07, 6.45) is 3.92. The van der Waals surface area contributed by atoms with E-state index in [4.69, 9.17) is 10.2 Å². The molecule has 2 N–H and O–H groups in total. The zero-order valence-electron chi connectivity index (χ0n) is 20.9. The summed E-state index contributed by atoms with van der Waals surface area (Å²) >= 11 is 0. The van der Waals surface area contributed by atoms with Gasteiger partial charge in [0.15, 0.2) is 6.20 Å². The molecule has 0 fully saturated rings. The lowest BCUT2D eigenvalue weighted by Gasteiger charge is -2.22. The molecule has 1 aromatic heterocycles. The Labute approximate surface area is 217 Å². The second-order valence-corrected chi connectivity index (χ2v) is 9.75. The number of anilines is 1. The number of rotatable bonds is 8. The van der Waals surface area contributed by atoms with Crippen molar-refractivity contribution in [3.05, 3.63) is 96.2 Å². The van der Waals surface area contributed by atoms with E-state index in [1.807, 2.05) is 67.7 Å². The topological polar surface area (TPSA) is 117 Å². The van der Waals surface area contributed by atoms with Crippen molar-refractivity contribution in [2.75, 3.05) is 31.2 Å². The standard InChI is InChI=1S/C21H24N3O2.C7H8O3S/c1-23-11-10-17(20-4-2-3-5-21(20)23)16-22-18-6-8-19(9-7-18)24(12-14-25)13-15-26;1-6-2-4-7(5-3-6)11(8,9)10/h2-11,16,25-26H,12-15H2,1H3;2-5H,1H3,(H,8,9,10)/q+1;/p-1. The maximum absolute atomic E-state index is 10.4. The van der Waals surface area contributed by atoms with Crippen LogP contribution in [0, 0.1) is 6.92 Å². The molecule has 4 rings (SSSR count). The van der Waals surface area contributed by atoms with Gasteiger partial charge in [0, 0.05) is 42.7 Å². The van der Waals surface area contributed by atoms with Crippen LogP contribution in [0.5, 0.6) is 0 Å². The van der Waals surface area contributed by atoms with Gasteiger partial charge in [0.2, 0.25) is 5.52 Å². The Morgan fingerprint density at radius 2 is 1.54 bits per heavy atom. The highest BCUT2D eigenvalue weighted by Crippen LogP contribution is 2.20. The van der Waals surface area contributed by atoms with Crippen LogP contribution < -0.4 is 9.47 Å². The van der Waals surface area contributed by atoms with Gasteiger partial charge in [-0.15, -0.1) is 0 Å². The Bertz CT molecular complexity index is 1430. The summed E-state index contributed by atoms with van der Waals surface area (Å²) in [6, 6.07) is 23.9. The van der Waals surface area contributed by atoms with Crippen molar-refractivity contribution in [2.24, 2.45) is 12.0 Å². The van der Waals surface area contributed by atoms with Gasteiger partial charge in [-0.25, -0.2) is 13.0 Å². The molecule has 0 aliphatic rings. The number of para-hydroxylation sites is 1. The molecule has 0 saturated carbocycles. The van der Waals surface area contributed by atoms with E-state index in [0.29, 0.717) is 13.1 Å². The molecular weight excluding hydrogens is 490 g/mol. The molecule has 0 aliphatic heterocycles. The first-order chi connectivity index (χ1) is 17.7. The quantitative estimate of drug-likeness (QED) is 0.209. The van der Waals surface area contributed by atoms with Gasteiger partial charge in [0.05, 0.1) is 29.2 Å². The number of hydrogen-bond acceptors (Lipinski definition) is 7. The molecule has 0 bridgehead atoms. The van der Waals surface area contributed by atoms with Crippen molar-refractivity contribution in [2.45, 2.75) is 11.8 Å². The third kappa shape index (κ3) is 7.93. The summed E-state index contributed by atoms with van der Waals surface area (Å²) in [5, 5.41) is 19.5. The number of benzene rings is 3. The number of hydrogen-bond donors (Lipinski definition) is 2. The summed E-state index contributed by atoms with van der Waals surface area (Å²) in [5.41, 5.74) is 4.99. The average molecular weight is 522 g/mol. The number of aromatic nitrogens is 1. The largest absolute Gasteiger partial charge is 0.744 e. The van der Waals surface area contributed by atoms with Crippen LogP contribution in [0.25, 0.3) is 10.9 Å². The number of aliphatic imine (C=N–C) groups is 1. The first-order valence-corrected chi connectivity index (χ1v) is 13.1. The number of aliphatic hydroxyl groups excluding tert-OH is 2. The van der Waals surface area contributed by atoms with Crippen LogP contribution in [0.15, 0.2) is 94.9 Å². The first-order valence-electron chi connectivity index (χ1n) is 11.7. The van der Waals surface area contributed by atoms with Crippen LogP contribution in [0.3, 0.4) is 0 Å². The molecule has 0 spiro atoms. The highest BCUT2D eigenvalue weighted by molar-refractivity contribution is 7.85. The van der Waals surface area contributed by atoms with Crippen molar-refractivity contribution in [3.63, 3.8) is 0 Å². The Balaban J connectivity index is 0.000000289. The van der Waals surface area contributed by atoms with E-state index in [9.17, 15) is 13.0 Å². The summed E-state index contributed by atoms with van der Waals surface area (Å²) in [4.78, 5) is 6.36. The molecule has 37 heavy (non-hydrogen) atoms. The third-order valence-corrected chi connectivity index (χ3v) is 6.54. The van der Waals surface area contributed by atoms with Gasteiger partial charge in [0.25, 0.3) is 0 Å². The lowest BCUT2D eigenvalue weighted by Crippen LogP contribution is -2.29. The van der Waals surface area contributed by atoms with Crippen LogP contribution in [0.4, 0.5) is 11.4 Å². The van der Waals surface area contributed by atoms with Crippen molar-refractivity contribution < 1.29 is 27.8 Å². The average Bonchev–Trinajstić information content (AvgIpc) is 2.89. The molecule has 0 aliphatic carbocycles. The van der Waals surface area contributed by atoms with Gasteiger partial charge < -0.3 is 19.7 Å². The molecular formula is C28H31N3O5S. The third-order valence-electron chi connectivity index (χ3n) is 5.69. The van der Waals surface area contributed by atoms with Crippen LogP contribution >= 0.6 is 0 Å². The highest BCUT2D eigenvalue weighted by Gasteiger charge is 2.08. The zero-order valence-corrected chi connectivity index (χ0v) is 21.7. The second kappa shape index (κ2) is 13.1. The number of pyridine rings is 1. The Kier molecular flexibility index (Phi) is 9.87. The molecule has 0 saturated heterocycles. The Morgan fingerprint density at radius 1 is 0.919 bits per heavy atom. The van der Waals surface area contributed by atoms with Crippen LogP contribution in [0.2, 0.25) is 0 Å². The van der Waals surface area contributed by atoms with E-state index < -0.39 is 10.1 Å². The number of fused-ring (bicyclic) bond motifs is 1. The minimum absolute atomic E-state index is 0.0540. The van der Waals surface area contributed by atoms with Crippen LogP contribution in [0.1, 0.15) is 11.1 Å². The number of nitrogens with zero attached hydrogens (tertiary/aromatic N) is 3. The van der Waals surface area contributed by atoms with Crippen LogP contribution in [-0.4, -0.2) is 55.7 Å². The van der Waals surface area contributed by atoms with Gasteiger partial charge in [-0.1, -0.05) is 29.8 Å². The fourth-order valence-corrected chi connectivity index (χ4v) is 4.18. The first kappa shape index (κ1) is 27.9. The summed E-state index contributed by atoms with van der Waals surface area (Å²) in [6.45, 7) is 2.92. The predicted molar refractivity (Wildman–Crippen MR) is 144 cm³/mol. The fraction of sp³-hybridized carbons (Fsp3) is 0.214. The fourth-order valence-electron chi connectivity index (χ4n) is 3.71. The van der Waals surface area contributed by atoms with E-state index in [-0.39, 0.29) is 18.1 Å². The summed E-state index contributed by atoms with van der Waals surface area (Å²) in [5.74, 6) is 0. The normalized spacial score (nSPS) is 11.4. The molecule has 0 atom stereocenters. The zero-order chi connectivity index (χ0) is 26.8. The Morgan fingerprint density at radius 3 is 2.14 bits per heavy atom. The smallest absolute Gasteiger partial charge is 0.212 e. The van der Waals surface area contributed by atoms with Crippen molar-refractivity contribution >= 4 is 38.6 Å². The number of aryl methyl sites for hydroxylation is 2. The lowest BCUT2D eigenvalue weighted by atomic mass is 10.1. The van der Waals surface area contributed by atoms with Crippen LogP contribution in [-0.2, 0) is 17.2 Å². The molecule has 4 aromatic rings. The van der Waals surface area contributed by atoms with E-state index in [1.165, 1.54) is 12.1 Å². The summed E-state index contributed by atoms with van der Waals surface area (Å²) in [7, 11) is -2.24. The lowest BCUT2D eigenvalue weighted by molar-refractivity contribution is -0.644. The van der Waals surface area contributed by atoms with Gasteiger partial charge in [-0.05, 0) is 49.4 Å². The minimum Gasteiger partial charge on any atom is -0.744 e. The predicted octanol–water partition coefficient (Wildman–Crippen LogP) is 3.11. The molecule has 194 valence electrons. The molecule has 0 unspecified atom stereocenters. The minimum atomic E-state index is -4.27. The van der Waals surface area contributed by atoms with Gasteiger partial charge in [-0.3, -0.25) is 4.99 Å². The summed E-state index contributed by atoms with van der Waals surface area (Å²) < 4.78 is 33.3.